The molecule has 0 amide bonds. The first-order valence-electron chi connectivity index (χ1n) is 6.21. The van der Waals surface area contributed by atoms with Gasteiger partial charge in [0.1, 0.15) is 5.76 Å². The van der Waals surface area contributed by atoms with Crippen LogP contribution in [0.1, 0.15) is 18.2 Å². The Morgan fingerprint density at radius 2 is 2.24 bits per heavy atom. The molecule has 1 N–H and O–H groups in total. The average molecular weight is 240 g/mol. The number of nitrogens with one attached hydrogen (secondary N) is 1. The van der Waals surface area contributed by atoms with E-state index in [1.165, 1.54) is 5.56 Å². The number of rotatable bonds is 9. The van der Waals surface area contributed by atoms with Crippen molar-refractivity contribution in [3.63, 3.8) is 0 Å². The second kappa shape index (κ2) is 8.28. The molecule has 0 aliphatic heterocycles. The number of furan rings is 1. The first-order chi connectivity index (χ1) is 8.27. The van der Waals surface area contributed by atoms with Crippen LogP contribution in [0.5, 0.6) is 0 Å². The van der Waals surface area contributed by atoms with Crippen LogP contribution < -0.4 is 5.32 Å². The highest BCUT2D eigenvalue weighted by Crippen LogP contribution is 2.12. The van der Waals surface area contributed by atoms with Crippen LogP contribution in [0.25, 0.3) is 0 Å². The lowest BCUT2D eigenvalue weighted by molar-refractivity contribution is 0.197. The average Bonchev–Trinajstić information content (AvgIpc) is 2.76. The predicted molar refractivity (Wildman–Crippen MR) is 69.2 cm³/mol. The summed E-state index contributed by atoms with van der Waals surface area (Å²) in [6.45, 7) is 6.76. The molecule has 4 nitrogen and oxygen atoms in total. The van der Waals surface area contributed by atoms with Gasteiger partial charge in [0.05, 0.1) is 12.9 Å². The second-order valence-electron chi connectivity index (χ2n) is 4.20. The van der Waals surface area contributed by atoms with Crippen LogP contribution in [-0.2, 0) is 17.7 Å². The summed E-state index contributed by atoms with van der Waals surface area (Å²) < 4.78 is 10.4. The van der Waals surface area contributed by atoms with E-state index in [2.05, 4.69) is 30.3 Å². The number of methoxy groups -OCH3 is 1. The number of aryl methyl sites for hydroxylation is 1. The summed E-state index contributed by atoms with van der Waals surface area (Å²) in [5, 5.41) is 3.34. The molecule has 0 unspecified atom stereocenters. The SMILES string of the molecule is CCc1occc1CN(C)CCNCCOC. The molecule has 0 fully saturated rings. The molecule has 98 valence electrons. The molecular weight excluding hydrogens is 216 g/mol. The van der Waals surface area contributed by atoms with Crippen molar-refractivity contribution in [3.05, 3.63) is 23.7 Å². The number of hydrogen-bond acceptors (Lipinski definition) is 4. The Hall–Kier alpha value is -0.840. The Morgan fingerprint density at radius 1 is 1.41 bits per heavy atom. The Bertz CT molecular complexity index is 299. The minimum absolute atomic E-state index is 0.769. The van der Waals surface area contributed by atoms with Gasteiger partial charge in [0.2, 0.25) is 0 Å². The van der Waals surface area contributed by atoms with Gasteiger partial charge in [-0.2, -0.15) is 0 Å². The Morgan fingerprint density at radius 3 is 2.94 bits per heavy atom. The smallest absolute Gasteiger partial charge is 0.107 e. The monoisotopic (exact) mass is 240 g/mol. The summed E-state index contributed by atoms with van der Waals surface area (Å²) in [6, 6.07) is 2.06. The van der Waals surface area contributed by atoms with E-state index >= 15 is 0 Å². The Balaban J connectivity index is 2.18. The lowest BCUT2D eigenvalue weighted by Crippen LogP contribution is -2.30. The van der Waals surface area contributed by atoms with Gasteiger partial charge >= 0.3 is 0 Å². The van der Waals surface area contributed by atoms with E-state index in [0.29, 0.717) is 0 Å². The fourth-order valence-corrected chi connectivity index (χ4v) is 1.76. The van der Waals surface area contributed by atoms with E-state index < -0.39 is 0 Å². The van der Waals surface area contributed by atoms with Crippen molar-refractivity contribution in [2.45, 2.75) is 19.9 Å². The summed E-state index contributed by atoms with van der Waals surface area (Å²) in [5.41, 5.74) is 1.30. The fraction of sp³-hybridized carbons (Fsp3) is 0.692. The summed E-state index contributed by atoms with van der Waals surface area (Å²) >= 11 is 0. The van der Waals surface area contributed by atoms with Crippen molar-refractivity contribution in [3.8, 4) is 0 Å². The number of hydrogen-bond donors (Lipinski definition) is 1. The molecule has 1 aromatic rings. The molecule has 0 spiro atoms. The van der Waals surface area contributed by atoms with Crippen LogP contribution in [0.15, 0.2) is 16.7 Å². The van der Waals surface area contributed by atoms with Crippen molar-refractivity contribution in [2.24, 2.45) is 0 Å². The largest absolute Gasteiger partial charge is 0.469 e. The van der Waals surface area contributed by atoms with E-state index in [9.17, 15) is 0 Å². The first-order valence-corrected chi connectivity index (χ1v) is 6.21. The van der Waals surface area contributed by atoms with E-state index in [0.717, 1.165) is 45.0 Å². The van der Waals surface area contributed by atoms with Crippen LogP contribution in [-0.4, -0.2) is 45.3 Å². The van der Waals surface area contributed by atoms with Gasteiger partial charge in [-0.15, -0.1) is 0 Å². The second-order valence-corrected chi connectivity index (χ2v) is 4.20. The fourth-order valence-electron chi connectivity index (χ4n) is 1.76. The molecule has 0 saturated heterocycles. The van der Waals surface area contributed by atoms with Gasteiger partial charge in [-0.05, 0) is 13.1 Å². The Labute approximate surface area is 104 Å². The normalized spacial score (nSPS) is 11.3. The highest BCUT2D eigenvalue weighted by atomic mass is 16.5. The van der Waals surface area contributed by atoms with E-state index in [4.69, 9.17) is 9.15 Å². The van der Waals surface area contributed by atoms with Gasteiger partial charge in [0, 0.05) is 45.3 Å². The highest BCUT2D eigenvalue weighted by molar-refractivity contribution is 5.16. The molecule has 0 aromatic carbocycles. The van der Waals surface area contributed by atoms with Gasteiger partial charge in [-0.25, -0.2) is 0 Å². The molecule has 0 atom stereocenters. The van der Waals surface area contributed by atoms with Crippen molar-refractivity contribution in [1.82, 2.24) is 10.2 Å². The molecule has 1 heterocycles. The Kier molecular flexibility index (Phi) is 6.93. The molecule has 0 radical (unpaired) electrons. The zero-order valence-corrected chi connectivity index (χ0v) is 11.2. The molecule has 1 rings (SSSR count). The van der Waals surface area contributed by atoms with Gasteiger partial charge in [-0.3, -0.25) is 0 Å². The number of nitrogens with zero attached hydrogens (tertiary/aromatic N) is 1. The van der Waals surface area contributed by atoms with Crippen LogP contribution in [0, 0.1) is 0 Å². The van der Waals surface area contributed by atoms with Gasteiger partial charge in [0.15, 0.2) is 0 Å². The molecule has 0 aliphatic carbocycles. The van der Waals surface area contributed by atoms with Crippen LogP contribution in [0.2, 0.25) is 0 Å². The quantitative estimate of drug-likeness (QED) is 0.664. The highest BCUT2D eigenvalue weighted by Gasteiger charge is 2.06. The first kappa shape index (κ1) is 14.2. The lowest BCUT2D eigenvalue weighted by atomic mass is 10.2. The van der Waals surface area contributed by atoms with Crippen molar-refractivity contribution in [1.29, 1.82) is 0 Å². The van der Waals surface area contributed by atoms with E-state index in [-0.39, 0.29) is 0 Å². The third kappa shape index (κ3) is 5.35. The lowest BCUT2D eigenvalue weighted by Gasteiger charge is -2.16. The summed E-state index contributed by atoms with van der Waals surface area (Å²) in [5.74, 6) is 1.10. The van der Waals surface area contributed by atoms with E-state index in [1.54, 1.807) is 13.4 Å². The molecular formula is C13H24N2O2. The minimum Gasteiger partial charge on any atom is -0.469 e. The number of ether oxygens (including phenoxy) is 1. The van der Waals surface area contributed by atoms with Crippen LogP contribution in [0.3, 0.4) is 0 Å². The zero-order valence-electron chi connectivity index (χ0n) is 11.2. The van der Waals surface area contributed by atoms with Crippen molar-refractivity contribution in [2.75, 3.05) is 40.4 Å². The standard InChI is InChI=1S/C13H24N2O2/c1-4-13-12(5-9-17-13)11-15(2)8-6-14-7-10-16-3/h5,9,14H,4,6-8,10-11H2,1-3H3. The molecule has 0 saturated carbocycles. The predicted octanol–water partition coefficient (Wildman–Crippen LogP) is 1.51. The third-order valence-electron chi connectivity index (χ3n) is 2.75. The number of likely N-dealkylation sites (N-methyl/N-ethyl adjacent to an activating group) is 1. The summed E-state index contributed by atoms with van der Waals surface area (Å²) in [6.07, 6.45) is 2.74. The molecule has 0 bridgehead atoms. The zero-order chi connectivity index (χ0) is 12.5. The summed E-state index contributed by atoms with van der Waals surface area (Å²) in [4.78, 5) is 2.30. The molecule has 1 aromatic heterocycles. The molecule has 17 heavy (non-hydrogen) atoms. The van der Waals surface area contributed by atoms with Gasteiger partial charge in [0.25, 0.3) is 0 Å². The maximum absolute atomic E-state index is 5.41. The van der Waals surface area contributed by atoms with Crippen LogP contribution >= 0.6 is 0 Å². The van der Waals surface area contributed by atoms with E-state index in [1.807, 2.05) is 0 Å². The van der Waals surface area contributed by atoms with Crippen molar-refractivity contribution >= 4 is 0 Å². The van der Waals surface area contributed by atoms with Gasteiger partial charge in [-0.1, -0.05) is 6.92 Å². The maximum atomic E-state index is 5.41. The topological polar surface area (TPSA) is 37.6 Å². The molecule has 4 heteroatoms. The minimum atomic E-state index is 0.769. The maximum Gasteiger partial charge on any atom is 0.107 e. The summed E-state index contributed by atoms with van der Waals surface area (Å²) in [7, 11) is 3.85. The molecule has 0 aliphatic rings. The van der Waals surface area contributed by atoms with Crippen LogP contribution in [0.4, 0.5) is 0 Å². The third-order valence-corrected chi connectivity index (χ3v) is 2.75. The van der Waals surface area contributed by atoms with Crippen molar-refractivity contribution < 1.29 is 9.15 Å². The van der Waals surface area contributed by atoms with Gasteiger partial charge < -0.3 is 19.4 Å².